The first-order chi connectivity index (χ1) is 18.6. The maximum atomic E-state index is 10.4. The van der Waals surface area contributed by atoms with E-state index < -0.39 is 31.6 Å². The Hall–Kier alpha value is -3.72. The minimum atomic E-state index is -4.01. The maximum absolute atomic E-state index is 10.4. The van der Waals surface area contributed by atoms with E-state index in [0.29, 0.717) is 11.2 Å². The molecular weight excluding hydrogens is 501 g/mol. The van der Waals surface area contributed by atoms with Gasteiger partial charge in [-0.1, -0.05) is 0 Å². The van der Waals surface area contributed by atoms with Gasteiger partial charge in [-0.05, 0) is 0 Å². The summed E-state index contributed by atoms with van der Waals surface area (Å²) < 4.78 is 22.9. The van der Waals surface area contributed by atoms with Gasteiger partial charge in [-0.3, -0.25) is 0 Å². The van der Waals surface area contributed by atoms with Gasteiger partial charge in [-0.15, -0.1) is 0 Å². The fourth-order valence-electron chi connectivity index (χ4n) is 5.77. The van der Waals surface area contributed by atoms with E-state index in [1.54, 1.807) is 10.9 Å². The standard InChI is InChI=1S/C28H26N5O4P/c29-26-23-27(31-17-30-26)33(18-32-23)28-25-24(22(16-34)35-28)36-38(37-25,19-10-4-1-5-11-19,20-12-6-2-7-13-20)21-14-8-3-9-15-21/h1-15,17-18,22,24-25,28,34H,16H2,(H2,29,30,31)/t22-,24-,25-,28-/m1/s1. The zero-order chi connectivity index (χ0) is 25.8. The summed E-state index contributed by atoms with van der Waals surface area (Å²) >= 11 is 0. The Morgan fingerprint density at radius 2 is 1.32 bits per heavy atom. The van der Waals surface area contributed by atoms with Crippen LogP contribution in [0.25, 0.3) is 11.2 Å². The number of nitrogens with two attached hydrogens (primary N) is 1. The zero-order valence-electron chi connectivity index (χ0n) is 20.3. The minimum absolute atomic E-state index is 0.240. The SMILES string of the molecule is Nc1ncnc2c1ncn2[C@@H]1O[C@H](CO)[C@H]2OP(c3ccccc3)(c3ccccc3)(c3ccccc3)O[C@H]21. The van der Waals surface area contributed by atoms with Gasteiger partial charge in [-0.25, -0.2) is 0 Å². The molecule has 2 aliphatic heterocycles. The van der Waals surface area contributed by atoms with Crippen molar-refractivity contribution >= 4 is 40.0 Å². The van der Waals surface area contributed by atoms with E-state index >= 15 is 0 Å². The number of fused-ring (bicyclic) bond motifs is 2. The van der Waals surface area contributed by atoms with Crippen LogP contribution in [0.3, 0.4) is 0 Å². The number of nitrogen functional groups attached to an aromatic ring is 1. The van der Waals surface area contributed by atoms with Crippen LogP contribution in [0.5, 0.6) is 0 Å². The Morgan fingerprint density at radius 3 is 1.87 bits per heavy atom. The number of nitrogens with zero attached hydrogens (tertiary/aromatic N) is 4. The number of rotatable bonds is 5. The van der Waals surface area contributed by atoms with Crippen molar-refractivity contribution in [1.82, 2.24) is 19.5 Å². The van der Waals surface area contributed by atoms with Crippen LogP contribution in [0, 0.1) is 0 Å². The van der Waals surface area contributed by atoms with Crippen molar-refractivity contribution in [3.05, 3.63) is 104 Å². The van der Waals surface area contributed by atoms with Gasteiger partial charge in [-0.2, -0.15) is 0 Å². The molecule has 9 nitrogen and oxygen atoms in total. The average molecular weight is 528 g/mol. The fourth-order valence-corrected chi connectivity index (χ4v) is 11.0. The molecule has 38 heavy (non-hydrogen) atoms. The Labute approximate surface area is 218 Å². The number of hydrogen-bond donors (Lipinski definition) is 2. The quantitative estimate of drug-likeness (QED) is 0.335. The molecule has 192 valence electrons. The molecule has 0 saturated carbocycles. The normalized spacial score (nSPS) is 26.5. The molecule has 4 heterocycles. The van der Waals surface area contributed by atoms with E-state index in [1.807, 2.05) is 54.6 Å². The van der Waals surface area contributed by atoms with Crippen molar-refractivity contribution in [2.45, 2.75) is 24.5 Å². The predicted octanol–water partition coefficient (Wildman–Crippen LogP) is 2.44. The summed E-state index contributed by atoms with van der Waals surface area (Å²) in [5.41, 5.74) is 7.06. The van der Waals surface area contributed by atoms with Gasteiger partial charge in [0.15, 0.2) is 0 Å². The second kappa shape index (κ2) is 8.66. The van der Waals surface area contributed by atoms with Crippen molar-refractivity contribution in [2.75, 3.05) is 12.3 Å². The van der Waals surface area contributed by atoms with Crippen LogP contribution in [0.4, 0.5) is 5.82 Å². The third-order valence-electron chi connectivity index (χ3n) is 7.45. The van der Waals surface area contributed by atoms with Crippen LogP contribution < -0.4 is 21.6 Å². The first-order valence-corrected chi connectivity index (χ1v) is 14.5. The van der Waals surface area contributed by atoms with Gasteiger partial charge in [0.1, 0.15) is 0 Å². The summed E-state index contributed by atoms with van der Waals surface area (Å²) in [6.07, 6.45) is 0.564. The molecule has 3 aromatic carbocycles. The molecule has 0 bridgehead atoms. The summed E-state index contributed by atoms with van der Waals surface area (Å²) in [4.78, 5) is 12.9. The summed E-state index contributed by atoms with van der Waals surface area (Å²) in [5, 5.41) is 13.2. The zero-order valence-corrected chi connectivity index (χ0v) is 21.2. The van der Waals surface area contributed by atoms with Gasteiger partial charge in [0.05, 0.1) is 0 Å². The molecule has 7 rings (SSSR count). The number of aliphatic hydroxyl groups is 1. The second-order valence-electron chi connectivity index (χ2n) is 9.43. The van der Waals surface area contributed by atoms with Crippen LogP contribution in [-0.2, 0) is 13.8 Å². The van der Waals surface area contributed by atoms with Crippen LogP contribution >= 0.6 is 7.06 Å². The second-order valence-corrected chi connectivity index (χ2v) is 13.3. The van der Waals surface area contributed by atoms with Gasteiger partial charge in [0.2, 0.25) is 0 Å². The van der Waals surface area contributed by atoms with Gasteiger partial charge in [0.25, 0.3) is 0 Å². The third-order valence-corrected chi connectivity index (χ3v) is 12.4. The molecule has 4 atom stereocenters. The molecule has 2 aromatic heterocycles. The van der Waals surface area contributed by atoms with Gasteiger partial charge >= 0.3 is 219 Å². The monoisotopic (exact) mass is 527 g/mol. The van der Waals surface area contributed by atoms with Crippen LogP contribution in [0.1, 0.15) is 6.23 Å². The first-order valence-electron chi connectivity index (χ1n) is 12.4. The van der Waals surface area contributed by atoms with Crippen molar-refractivity contribution in [1.29, 1.82) is 0 Å². The summed E-state index contributed by atoms with van der Waals surface area (Å²) in [6, 6.07) is 30.3. The predicted molar refractivity (Wildman–Crippen MR) is 146 cm³/mol. The number of ether oxygens (including phenoxy) is 1. The van der Waals surface area contributed by atoms with Gasteiger partial charge < -0.3 is 0 Å². The number of hydrogen-bond acceptors (Lipinski definition) is 8. The molecule has 3 N–H and O–H groups in total. The topological polar surface area (TPSA) is 118 Å². The molecule has 0 unspecified atom stereocenters. The number of anilines is 1. The molecule has 2 fully saturated rings. The van der Waals surface area contributed by atoms with Crippen LogP contribution in [-0.4, -0.2) is 49.5 Å². The molecular formula is C28H26N5O4P. The van der Waals surface area contributed by atoms with E-state index in [1.165, 1.54) is 6.33 Å². The molecule has 0 amide bonds. The van der Waals surface area contributed by atoms with Gasteiger partial charge in [0, 0.05) is 0 Å². The average Bonchev–Trinajstić information content (AvgIpc) is 3.67. The molecule has 0 aliphatic carbocycles. The van der Waals surface area contributed by atoms with E-state index in [4.69, 9.17) is 19.5 Å². The summed E-state index contributed by atoms with van der Waals surface area (Å²) in [6.45, 7) is -0.240. The fraction of sp³-hybridized carbons (Fsp3) is 0.179. The van der Waals surface area contributed by atoms with Crippen molar-refractivity contribution in [2.24, 2.45) is 0 Å². The van der Waals surface area contributed by atoms with Crippen molar-refractivity contribution < 1.29 is 18.9 Å². The van der Waals surface area contributed by atoms with Crippen molar-refractivity contribution in [3.8, 4) is 0 Å². The Morgan fingerprint density at radius 1 is 0.763 bits per heavy atom. The van der Waals surface area contributed by atoms with Crippen LogP contribution in [0.2, 0.25) is 0 Å². The Kier molecular flexibility index (Phi) is 5.33. The van der Waals surface area contributed by atoms with E-state index in [-0.39, 0.29) is 12.4 Å². The molecule has 0 spiro atoms. The first kappa shape index (κ1) is 23.4. The van der Waals surface area contributed by atoms with Crippen LogP contribution in [0.15, 0.2) is 104 Å². The Balaban J connectivity index is 1.49. The molecule has 2 aliphatic rings. The van der Waals surface area contributed by atoms with Crippen molar-refractivity contribution in [3.63, 3.8) is 0 Å². The molecule has 10 heteroatoms. The Bertz CT molecular complexity index is 1500. The number of aliphatic hydroxyl groups excluding tert-OH is 1. The number of aromatic nitrogens is 4. The van der Waals surface area contributed by atoms with E-state index in [9.17, 15) is 5.11 Å². The molecule has 2 saturated heterocycles. The van der Waals surface area contributed by atoms with E-state index in [2.05, 4.69) is 51.4 Å². The summed E-state index contributed by atoms with van der Waals surface area (Å²) in [7, 11) is -4.01. The number of benzene rings is 3. The molecule has 0 radical (unpaired) electrons. The number of imidazole rings is 1. The third kappa shape index (κ3) is 3.08. The molecule has 5 aromatic rings. The summed E-state index contributed by atoms with van der Waals surface area (Å²) in [5.74, 6) is 0.281. The van der Waals surface area contributed by atoms with E-state index in [0.717, 1.165) is 15.9 Å².